The van der Waals surface area contributed by atoms with Crippen molar-refractivity contribution >= 4 is 16.7 Å². The van der Waals surface area contributed by atoms with Crippen LogP contribution in [0.4, 0.5) is 5.82 Å². The van der Waals surface area contributed by atoms with Gasteiger partial charge < -0.3 is 10.8 Å². The number of aromatic nitrogens is 2. The molecule has 19 heavy (non-hydrogen) atoms. The summed E-state index contributed by atoms with van der Waals surface area (Å²) in [7, 11) is 0. The first-order valence-electron chi connectivity index (χ1n) is 6.01. The van der Waals surface area contributed by atoms with Crippen molar-refractivity contribution in [2.45, 2.75) is 6.42 Å². The average molecular weight is 251 g/mol. The third kappa shape index (κ3) is 2.20. The molecule has 3 rings (SSSR count). The minimum atomic E-state index is 0.145. The number of rotatable bonds is 2. The molecule has 4 nitrogen and oxygen atoms in total. The average Bonchev–Trinajstić information content (AvgIpc) is 2.41. The van der Waals surface area contributed by atoms with Gasteiger partial charge in [0.05, 0.1) is 0 Å². The fourth-order valence-corrected chi connectivity index (χ4v) is 2.17. The smallest absolute Gasteiger partial charge is 0.141 e. The highest BCUT2D eigenvalue weighted by Crippen LogP contribution is 2.27. The van der Waals surface area contributed by atoms with Crippen LogP contribution in [0.2, 0.25) is 0 Å². The number of fused-ring (bicyclic) bond motifs is 1. The van der Waals surface area contributed by atoms with Crippen LogP contribution in [0, 0.1) is 0 Å². The minimum absolute atomic E-state index is 0.145. The summed E-state index contributed by atoms with van der Waals surface area (Å²) in [6.07, 6.45) is 2.42. The van der Waals surface area contributed by atoms with Gasteiger partial charge in [0.2, 0.25) is 0 Å². The second-order valence-electron chi connectivity index (χ2n) is 4.38. The van der Waals surface area contributed by atoms with E-state index in [-0.39, 0.29) is 5.75 Å². The Kier molecular flexibility index (Phi) is 2.76. The zero-order valence-corrected chi connectivity index (χ0v) is 10.2. The molecule has 2 heterocycles. The number of nitrogens with zero attached hydrogens (tertiary/aromatic N) is 2. The van der Waals surface area contributed by atoms with Crippen LogP contribution in [0.1, 0.15) is 11.3 Å². The first-order chi connectivity index (χ1) is 9.24. The predicted molar refractivity (Wildman–Crippen MR) is 74.9 cm³/mol. The van der Waals surface area contributed by atoms with Crippen molar-refractivity contribution in [3.8, 4) is 5.75 Å². The molecule has 0 saturated carbocycles. The first kappa shape index (κ1) is 11.5. The molecule has 0 aliphatic rings. The number of para-hydroxylation sites is 1. The Bertz CT molecular complexity index is 726. The summed E-state index contributed by atoms with van der Waals surface area (Å²) in [5.41, 5.74) is 8.31. The maximum atomic E-state index is 9.85. The van der Waals surface area contributed by atoms with Crippen LogP contribution in [-0.4, -0.2) is 15.1 Å². The van der Waals surface area contributed by atoms with Crippen LogP contribution in [0.25, 0.3) is 10.9 Å². The lowest BCUT2D eigenvalue weighted by atomic mass is 10.0. The number of benzene rings is 1. The number of anilines is 1. The van der Waals surface area contributed by atoms with Crippen molar-refractivity contribution in [3.05, 3.63) is 59.9 Å². The maximum absolute atomic E-state index is 9.85. The van der Waals surface area contributed by atoms with Gasteiger partial charge in [-0.1, -0.05) is 18.2 Å². The normalized spacial score (nSPS) is 10.7. The van der Waals surface area contributed by atoms with Gasteiger partial charge in [0, 0.05) is 23.7 Å². The van der Waals surface area contributed by atoms with Gasteiger partial charge in [-0.15, -0.1) is 0 Å². The zero-order chi connectivity index (χ0) is 13.2. The summed E-state index contributed by atoms with van der Waals surface area (Å²) in [5, 5.41) is 10.8. The Hall–Kier alpha value is -2.62. The Labute approximate surface area is 110 Å². The highest BCUT2D eigenvalue weighted by Gasteiger charge is 2.08. The van der Waals surface area contributed by atoms with Gasteiger partial charge in [0.25, 0.3) is 0 Å². The van der Waals surface area contributed by atoms with Gasteiger partial charge in [0.1, 0.15) is 17.1 Å². The third-order valence-electron chi connectivity index (χ3n) is 3.02. The van der Waals surface area contributed by atoms with E-state index < -0.39 is 0 Å². The number of phenolic OH excluding ortho intramolecular Hbond substituents is 1. The van der Waals surface area contributed by atoms with E-state index in [0.717, 1.165) is 16.6 Å². The van der Waals surface area contributed by atoms with Gasteiger partial charge in [0.15, 0.2) is 0 Å². The van der Waals surface area contributed by atoms with E-state index in [2.05, 4.69) is 9.97 Å². The quantitative estimate of drug-likeness (QED) is 0.734. The van der Waals surface area contributed by atoms with Crippen LogP contribution in [0.15, 0.2) is 48.7 Å². The zero-order valence-electron chi connectivity index (χ0n) is 10.2. The van der Waals surface area contributed by atoms with Crippen LogP contribution in [0.5, 0.6) is 5.75 Å². The lowest BCUT2D eigenvalue weighted by molar-refractivity contribution is 0.480. The van der Waals surface area contributed by atoms with Crippen molar-refractivity contribution in [3.63, 3.8) is 0 Å². The molecule has 0 bridgehead atoms. The van der Waals surface area contributed by atoms with Crippen molar-refractivity contribution in [1.29, 1.82) is 0 Å². The largest absolute Gasteiger partial charge is 0.506 e. The Morgan fingerprint density at radius 2 is 2.00 bits per heavy atom. The molecular formula is C15H13N3O. The van der Waals surface area contributed by atoms with Crippen molar-refractivity contribution in [1.82, 2.24) is 9.97 Å². The molecular weight excluding hydrogens is 238 g/mol. The van der Waals surface area contributed by atoms with Crippen LogP contribution in [-0.2, 0) is 6.42 Å². The number of aromatic hydroxyl groups is 1. The lowest BCUT2D eigenvalue weighted by Crippen LogP contribution is -1.98. The van der Waals surface area contributed by atoms with Crippen molar-refractivity contribution in [2.24, 2.45) is 0 Å². The molecule has 1 aromatic carbocycles. The molecule has 2 aromatic heterocycles. The maximum Gasteiger partial charge on any atom is 0.141 e. The summed E-state index contributed by atoms with van der Waals surface area (Å²) < 4.78 is 0. The minimum Gasteiger partial charge on any atom is -0.506 e. The molecule has 3 aromatic rings. The van der Waals surface area contributed by atoms with E-state index in [1.165, 1.54) is 0 Å². The van der Waals surface area contributed by atoms with E-state index in [4.69, 9.17) is 5.73 Å². The standard InChI is InChI=1S/C15H13N3O/c16-14-9-10(8-11-4-1-2-7-17-11)12-5-3-6-13(19)15(12)18-14/h1-7,9,19H,8H2,(H2,16,18). The topological polar surface area (TPSA) is 72.0 Å². The number of hydrogen-bond acceptors (Lipinski definition) is 4. The molecule has 0 atom stereocenters. The predicted octanol–water partition coefficient (Wildman–Crippen LogP) is 2.51. The molecule has 0 radical (unpaired) electrons. The monoisotopic (exact) mass is 251 g/mol. The molecule has 0 aliphatic carbocycles. The highest BCUT2D eigenvalue weighted by molar-refractivity contribution is 5.88. The SMILES string of the molecule is Nc1cc(Cc2ccccn2)c2cccc(O)c2n1. The first-order valence-corrected chi connectivity index (χ1v) is 6.01. The number of nitrogen functional groups attached to an aromatic ring is 1. The van der Waals surface area contributed by atoms with E-state index >= 15 is 0 Å². The van der Waals surface area contributed by atoms with Crippen molar-refractivity contribution in [2.75, 3.05) is 5.73 Å². The molecule has 0 aliphatic heterocycles. The van der Waals surface area contributed by atoms with Gasteiger partial charge in [-0.05, 0) is 29.8 Å². The Balaban J connectivity index is 2.15. The fourth-order valence-electron chi connectivity index (χ4n) is 2.17. The summed E-state index contributed by atoms with van der Waals surface area (Å²) in [5.74, 6) is 0.548. The highest BCUT2D eigenvalue weighted by atomic mass is 16.3. The molecule has 0 unspecified atom stereocenters. The van der Waals surface area contributed by atoms with Gasteiger partial charge in [-0.3, -0.25) is 4.98 Å². The van der Waals surface area contributed by atoms with Gasteiger partial charge in [-0.2, -0.15) is 0 Å². The van der Waals surface area contributed by atoms with Crippen LogP contribution >= 0.6 is 0 Å². The molecule has 0 fully saturated rings. The lowest BCUT2D eigenvalue weighted by Gasteiger charge is -2.08. The second kappa shape index (κ2) is 4.57. The summed E-state index contributed by atoms with van der Waals surface area (Å²) in [6, 6.07) is 13.0. The number of phenols is 1. The van der Waals surface area contributed by atoms with Gasteiger partial charge in [-0.25, -0.2) is 4.98 Å². The molecule has 0 amide bonds. The van der Waals surface area contributed by atoms with E-state index in [9.17, 15) is 5.11 Å². The fraction of sp³-hybridized carbons (Fsp3) is 0.0667. The number of nitrogens with two attached hydrogens (primary N) is 1. The van der Waals surface area contributed by atoms with Crippen LogP contribution in [0.3, 0.4) is 0 Å². The van der Waals surface area contributed by atoms with E-state index in [1.807, 2.05) is 30.3 Å². The molecule has 3 N–H and O–H groups in total. The number of hydrogen-bond donors (Lipinski definition) is 2. The van der Waals surface area contributed by atoms with Crippen LogP contribution < -0.4 is 5.73 Å². The Morgan fingerprint density at radius 3 is 2.79 bits per heavy atom. The number of pyridine rings is 2. The molecule has 4 heteroatoms. The van der Waals surface area contributed by atoms with E-state index in [1.54, 1.807) is 18.3 Å². The molecule has 0 spiro atoms. The van der Waals surface area contributed by atoms with E-state index in [0.29, 0.717) is 17.8 Å². The summed E-state index contributed by atoms with van der Waals surface area (Å²) >= 11 is 0. The summed E-state index contributed by atoms with van der Waals surface area (Å²) in [4.78, 5) is 8.49. The summed E-state index contributed by atoms with van der Waals surface area (Å²) in [6.45, 7) is 0. The molecule has 0 saturated heterocycles. The van der Waals surface area contributed by atoms with Crippen molar-refractivity contribution < 1.29 is 5.11 Å². The molecule has 94 valence electrons. The second-order valence-corrected chi connectivity index (χ2v) is 4.38. The Morgan fingerprint density at radius 1 is 1.11 bits per heavy atom. The van der Waals surface area contributed by atoms with Gasteiger partial charge >= 0.3 is 0 Å². The third-order valence-corrected chi connectivity index (χ3v) is 3.02.